The molecule has 0 aliphatic heterocycles. The second kappa shape index (κ2) is 10.4. The molecule has 1 unspecified atom stereocenters. The molecule has 0 aromatic heterocycles. The molecule has 4 heteroatoms. The smallest absolute Gasteiger partial charge is 0.188 e. The van der Waals surface area contributed by atoms with Gasteiger partial charge < -0.3 is 9.47 Å². The van der Waals surface area contributed by atoms with E-state index in [1.807, 2.05) is 30.3 Å². The number of nitrogens with zero attached hydrogens (tertiary/aromatic N) is 1. The minimum atomic E-state index is -0.0342. The minimum absolute atomic E-state index is 0.0342. The molecule has 0 radical (unpaired) electrons. The van der Waals surface area contributed by atoms with Gasteiger partial charge in [-0.25, -0.2) is 0 Å². The van der Waals surface area contributed by atoms with Gasteiger partial charge in [0.05, 0.1) is 5.69 Å². The van der Waals surface area contributed by atoms with Crippen molar-refractivity contribution in [3.8, 4) is 5.75 Å². The highest BCUT2D eigenvalue weighted by atomic mass is 31.1. The molecule has 0 fully saturated rings. The predicted octanol–water partition coefficient (Wildman–Crippen LogP) is 6.35. The van der Waals surface area contributed by atoms with Crippen LogP contribution in [0.5, 0.6) is 5.75 Å². The Hall–Kier alpha value is -2.48. The van der Waals surface area contributed by atoms with Crippen molar-refractivity contribution >= 4 is 30.6 Å². The Morgan fingerprint density at radius 2 is 1.69 bits per heavy atom. The van der Waals surface area contributed by atoms with Crippen LogP contribution in [-0.2, 0) is 10.2 Å². The van der Waals surface area contributed by atoms with Gasteiger partial charge >= 0.3 is 0 Å². The molecule has 3 nitrogen and oxygen atoms in total. The van der Waals surface area contributed by atoms with Gasteiger partial charge in [-0.1, -0.05) is 71.8 Å². The molecule has 0 spiro atoms. The summed E-state index contributed by atoms with van der Waals surface area (Å²) >= 11 is 0. The highest BCUT2D eigenvalue weighted by molar-refractivity contribution is 7.56. The fourth-order valence-electron chi connectivity index (χ4n) is 3.72. The van der Waals surface area contributed by atoms with Crippen molar-refractivity contribution in [3.05, 3.63) is 82.9 Å². The van der Waals surface area contributed by atoms with E-state index in [0.29, 0.717) is 8.58 Å². The maximum Gasteiger partial charge on any atom is 0.188 e. The molecule has 0 amide bonds. The lowest BCUT2D eigenvalue weighted by Gasteiger charge is -2.26. The van der Waals surface area contributed by atoms with Crippen molar-refractivity contribution in [2.24, 2.45) is 4.99 Å². The first-order valence-electron chi connectivity index (χ1n) is 10.9. The van der Waals surface area contributed by atoms with Crippen molar-refractivity contribution in [3.63, 3.8) is 0 Å². The Bertz CT molecular complexity index is 1100. The van der Waals surface area contributed by atoms with E-state index < -0.39 is 0 Å². The van der Waals surface area contributed by atoms with E-state index in [1.54, 1.807) is 7.11 Å². The SMILES string of the molecule is COCOc1c(Pc2c(C)cccc2C(C)=Nc2ccccc2)cc(C)cc1C(C)(C)C. The van der Waals surface area contributed by atoms with Gasteiger partial charge in [0.1, 0.15) is 5.75 Å². The first-order valence-corrected chi connectivity index (χ1v) is 11.9. The lowest BCUT2D eigenvalue weighted by molar-refractivity contribution is 0.0506. The number of benzene rings is 3. The number of rotatable bonds is 7. The molecule has 0 saturated carbocycles. The molecule has 3 aromatic rings. The number of aliphatic imine (C=N–C) groups is 1. The Kier molecular flexibility index (Phi) is 7.87. The van der Waals surface area contributed by atoms with Crippen LogP contribution in [0.3, 0.4) is 0 Å². The highest BCUT2D eigenvalue weighted by Crippen LogP contribution is 2.35. The van der Waals surface area contributed by atoms with Gasteiger partial charge in [-0.05, 0) is 60.8 Å². The zero-order chi connectivity index (χ0) is 23.3. The lowest BCUT2D eigenvalue weighted by atomic mass is 9.85. The summed E-state index contributed by atoms with van der Waals surface area (Å²) in [5.41, 5.74) is 6.85. The lowest BCUT2D eigenvalue weighted by Crippen LogP contribution is -2.22. The fraction of sp³-hybridized carbons (Fsp3) is 0.321. The van der Waals surface area contributed by atoms with Crippen LogP contribution in [0.2, 0.25) is 0 Å². The standard InChI is InChI=1S/C28H34NO2P/c1-19-16-24(28(4,5)6)26(31-18-30-7)25(17-19)32-27-20(2)12-11-15-23(27)21(3)29-22-13-9-8-10-14-22/h8-17,32H,18H2,1-7H3. The van der Waals surface area contributed by atoms with E-state index in [1.165, 1.54) is 32.9 Å². The largest absolute Gasteiger partial charge is 0.467 e. The van der Waals surface area contributed by atoms with E-state index in [0.717, 1.165) is 17.1 Å². The molecule has 0 aliphatic rings. The van der Waals surface area contributed by atoms with E-state index in [-0.39, 0.29) is 12.2 Å². The molecule has 168 valence electrons. The quantitative estimate of drug-likeness (QED) is 0.240. The van der Waals surface area contributed by atoms with Crippen molar-refractivity contribution in [1.82, 2.24) is 0 Å². The van der Waals surface area contributed by atoms with Crippen LogP contribution in [0.4, 0.5) is 5.69 Å². The molecule has 0 aliphatic carbocycles. The predicted molar refractivity (Wildman–Crippen MR) is 139 cm³/mol. The molecule has 0 bridgehead atoms. The summed E-state index contributed by atoms with van der Waals surface area (Å²) in [4.78, 5) is 4.89. The summed E-state index contributed by atoms with van der Waals surface area (Å²) in [6.07, 6.45) is 0. The minimum Gasteiger partial charge on any atom is -0.467 e. The molecule has 3 aromatic carbocycles. The van der Waals surface area contributed by atoms with E-state index in [9.17, 15) is 0 Å². The van der Waals surface area contributed by atoms with E-state index in [4.69, 9.17) is 14.5 Å². The van der Waals surface area contributed by atoms with Crippen molar-refractivity contribution < 1.29 is 9.47 Å². The average molecular weight is 448 g/mol. The average Bonchev–Trinajstić information content (AvgIpc) is 2.74. The number of methoxy groups -OCH3 is 1. The van der Waals surface area contributed by atoms with Crippen molar-refractivity contribution in [2.45, 2.75) is 47.0 Å². The van der Waals surface area contributed by atoms with Crippen LogP contribution in [0, 0.1) is 13.8 Å². The Balaban J connectivity index is 2.11. The molecule has 1 atom stereocenters. The summed E-state index contributed by atoms with van der Waals surface area (Å²) in [5, 5.41) is 2.51. The molecule has 32 heavy (non-hydrogen) atoms. The van der Waals surface area contributed by atoms with Gasteiger partial charge in [0.25, 0.3) is 0 Å². The van der Waals surface area contributed by atoms with Gasteiger partial charge in [0.2, 0.25) is 0 Å². The van der Waals surface area contributed by atoms with Crippen LogP contribution >= 0.6 is 8.58 Å². The highest BCUT2D eigenvalue weighted by Gasteiger charge is 2.23. The summed E-state index contributed by atoms with van der Waals surface area (Å²) < 4.78 is 11.4. The van der Waals surface area contributed by atoms with Gasteiger partial charge in [0.15, 0.2) is 6.79 Å². The third-order valence-corrected chi connectivity index (χ3v) is 6.89. The first-order chi connectivity index (χ1) is 15.2. The van der Waals surface area contributed by atoms with Gasteiger partial charge in [0, 0.05) is 29.3 Å². The van der Waals surface area contributed by atoms with Crippen LogP contribution in [0.15, 0.2) is 65.7 Å². The van der Waals surface area contributed by atoms with E-state index >= 15 is 0 Å². The molecular formula is C28H34NO2P. The second-order valence-corrected chi connectivity index (χ2v) is 10.4. The summed E-state index contributed by atoms with van der Waals surface area (Å²) in [6.45, 7) is 13.3. The molecule has 0 heterocycles. The Morgan fingerprint density at radius 3 is 2.34 bits per heavy atom. The Morgan fingerprint density at radius 1 is 0.969 bits per heavy atom. The summed E-state index contributed by atoms with van der Waals surface area (Å²) in [7, 11) is 2.11. The van der Waals surface area contributed by atoms with Crippen LogP contribution in [0.1, 0.15) is 49.9 Å². The van der Waals surface area contributed by atoms with Gasteiger partial charge in [-0.15, -0.1) is 0 Å². The molecular weight excluding hydrogens is 413 g/mol. The molecule has 0 N–H and O–H groups in total. The van der Waals surface area contributed by atoms with Crippen LogP contribution in [-0.4, -0.2) is 19.6 Å². The Labute approximate surface area is 194 Å². The van der Waals surface area contributed by atoms with Crippen molar-refractivity contribution in [1.29, 1.82) is 0 Å². The summed E-state index contributed by atoms with van der Waals surface area (Å²) in [5.74, 6) is 0.940. The third-order valence-electron chi connectivity index (χ3n) is 5.34. The second-order valence-electron chi connectivity index (χ2n) is 9.15. The number of hydrogen-bond donors (Lipinski definition) is 0. The van der Waals surface area contributed by atoms with E-state index in [2.05, 4.69) is 71.9 Å². The van der Waals surface area contributed by atoms with Crippen LogP contribution < -0.4 is 15.3 Å². The number of hydrogen-bond acceptors (Lipinski definition) is 3. The van der Waals surface area contributed by atoms with Crippen molar-refractivity contribution in [2.75, 3.05) is 13.9 Å². The number of para-hydroxylation sites is 1. The number of aryl methyl sites for hydroxylation is 2. The monoisotopic (exact) mass is 447 g/mol. The third kappa shape index (κ3) is 5.85. The summed E-state index contributed by atoms with van der Waals surface area (Å²) in [6, 6.07) is 21.1. The molecule has 3 rings (SSSR count). The number of ether oxygens (including phenoxy) is 2. The molecule has 0 saturated heterocycles. The zero-order valence-electron chi connectivity index (χ0n) is 20.2. The zero-order valence-corrected chi connectivity index (χ0v) is 21.2. The fourth-order valence-corrected chi connectivity index (χ4v) is 5.29. The van der Waals surface area contributed by atoms with Gasteiger partial charge in [-0.3, -0.25) is 4.99 Å². The topological polar surface area (TPSA) is 30.8 Å². The van der Waals surface area contributed by atoms with Crippen LogP contribution in [0.25, 0.3) is 0 Å². The normalized spacial score (nSPS) is 12.5. The maximum atomic E-state index is 6.16. The first kappa shape index (κ1) is 24.2. The van der Waals surface area contributed by atoms with Gasteiger partial charge in [-0.2, -0.15) is 0 Å². The maximum absolute atomic E-state index is 6.16.